The van der Waals surface area contributed by atoms with Crippen LogP contribution in [0, 0.1) is 0 Å². The summed E-state index contributed by atoms with van der Waals surface area (Å²) in [5, 5.41) is 15.0. The first-order valence-electron chi connectivity index (χ1n) is 6.53. The van der Waals surface area contributed by atoms with Crippen LogP contribution in [0.25, 0.3) is 0 Å². The first-order valence-corrected chi connectivity index (χ1v) is 7.33. The van der Waals surface area contributed by atoms with Crippen molar-refractivity contribution in [3.63, 3.8) is 0 Å². The highest BCUT2D eigenvalue weighted by Crippen LogP contribution is 2.11. The summed E-state index contributed by atoms with van der Waals surface area (Å²) in [6.45, 7) is 0.337. The smallest absolute Gasteiger partial charge is 0.245 e. The molecule has 0 saturated carbocycles. The lowest BCUT2D eigenvalue weighted by atomic mass is 10.2. The van der Waals surface area contributed by atoms with Crippen molar-refractivity contribution in [1.29, 1.82) is 0 Å². The second-order valence-electron chi connectivity index (χ2n) is 4.95. The van der Waals surface area contributed by atoms with Crippen molar-refractivity contribution in [2.75, 3.05) is 25.5 Å². The average Bonchev–Trinajstić information content (AvgIpc) is 2.87. The fourth-order valence-electron chi connectivity index (χ4n) is 2.10. The van der Waals surface area contributed by atoms with Crippen molar-refractivity contribution in [2.24, 2.45) is 0 Å². The van der Waals surface area contributed by atoms with Gasteiger partial charge in [0.1, 0.15) is 5.82 Å². The molecule has 21 heavy (non-hydrogen) atoms. The summed E-state index contributed by atoms with van der Waals surface area (Å²) in [5.41, 5.74) is 0. The summed E-state index contributed by atoms with van der Waals surface area (Å²) in [6.07, 6.45) is 1.45. The quantitative estimate of drug-likeness (QED) is 0.703. The Hall–Kier alpha value is -1.51. The van der Waals surface area contributed by atoms with Crippen LogP contribution >= 0.6 is 15.9 Å². The minimum absolute atomic E-state index is 0.0646. The van der Waals surface area contributed by atoms with E-state index < -0.39 is 12.1 Å². The Morgan fingerprint density at radius 3 is 2.90 bits per heavy atom. The highest BCUT2D eigenvalue weighted by molar-refractivity contribution is 9.10. The molecule has 3 N–H and O–H groups in total. The number of pyridine rings is 1. The molecule has 1 aromatic heterocycles. The van der Waals surface area contributed by atoms with Crippen molar-refractivity contribution >= 4 is 33.6 Å². The number of amides is 2. The molecule has 0 bridgehead atoms. The number of aliphatic hydroxyl groups is 1. The number of carbonyl (C=O) groups excluding carboxylic acids is 2. The van der Waals surface area contributed by atoms with Crippen LogP contribution in [0.15, 0.2) is 22.8 Å². The van der Waals surface area contributed by atoms with E-state index in [4.69, 9.17) is 0 Å². The molecule has 0 spiro atoms. The molecule has 2 amide bonds. The number of rotatable bonds is 4. The molecule has 2 unspecified atom stereocenters. The van der Waals surface area contributed by atoms with Crippen molar-refractivity contribution in [3.8, 4) is 0 Å². The standard InChI is InChI=1S/C13H17BrN4O3/c1-18(13(21)10-4-9(19)6-15-10)7-12(20)17-11-3-2-8(14)5-16-11/h2-3,5,9-10,15,19H,4,6-7H2,1H3,(H,16,17,20). The summed E-state index contributed by atoms with van der Waals surface area (Å²) in [4.78, 5) is 29.3. The molecule has 0 radical (unpaired) electrons. The van der Waals surface area contributed by atoms with E-state index in [0.717, 1.165) is 4.47 Å². The second-order valence-corrected chi connectivity index (χ2v) is 5.87. The van der Waals surface area contributed by atoms with Gasteiger partial charge < -0.3 is 20.6 Å². The Kier molecular flexibility index (Phi) is 5.27. The molecule has 8 heteroatoms. The van der Waals surface area contributed by atoms with Crippen molar-refractivity contribution in [2.45, 2.75) is 18.6 Å². The largest absolute Gasteiger partial charge is 0.392 e. The molecular weight excluding hydrogens is 340 g/mol. The summed E-state index contributed by atoms with van der Waals surface area (Å²) in [5.74, 6) is -0.0943. The van der Waals surface area contributed by atoms with Gasteiger partial charge in [-0.25, -0.2) is 4.98 Å². The number of aliphatic hydroxyl groups excluding tert-OH is 1. The molecule has 114 valence electrons. The maximum Gasteiger partial charge on any atom is 0.245 e. The number of aromatic nitrogens is 1. The third-order valence-electron chi connectivity index (χ3n) is 3.16. The summed E-state index contributed by atoms with van der Waals surface area (Å²) in [7, 11) is 1.56. The van der Waals surface area contributed by atoms with Crippen molar-refractivity contribution in [1.82, 2.24) is 15.2 Å². The Morgan fingerprint density at radius 1 is 1.57 bits per heavy atom. The van der Waals surface area contributed by atoms with E-state index in [1.165, 1.54) is 4.90 Å². The van der Waals surface area contributed by atoms with Crippen LogP contribution in [-0.2, 0) is 9.59 Å². The maximum atomic E-state index is 12.1. The van der Waals surface area contributed by atoms with Crippen LogP contribution in [0.5, 0.6) is 0 Å². The minimum atomic E-state index is -0.506. The van der Waals surface area contributed by atoms with Gasteiger partial charge in [-0.3, -0.25) is 9.59 Å². The number of carbonyl (C=O) groups is 2. The number of β-amino-alcohol motifs (C(OH)–C–C–N with tert-alkyl or cyclic N) is 1. The zero-order valence-electron chi connectivity index (χ0n) is 11.5. The lowest BCUT2D eigenvalue weighted by Gasteiger charge is -2.20. The molecule has 1 saturated heterocycles. The normalized spacial score (nSPS) is 21.1. The predicted molar refractivity (Wildman–Crippen MR) is 80.6 cm³/mol. The van der Waals surface area contributed by atoms with E-state index in [9.17, 15) is 14.7 Å². The van der Waals surface area contributed by atoms with Gasteiger partial charge in [0.05, 0.1) is 18.7 Å². The summed E-state index contributed by atoms with van der Waals surface area (Å²) >= 11 is 3.26. The third kappa shape index (κ3) is 4.48. The lowest BCUT2D eigenvalue weighted by Crippen LogP contribution is -2.44. The first-order chi connectivity index (χ1) is 9.95. The SMILES string of the molecule is CN(CC(=O)Nc1ccc(Br)cn1)C(=O)C1CC(O)CN1. The molecule has 1 fully saturated rings. The van der Waals surface area contributed by atoms with Gasteiger partial charge in [0.25, 0.3) is 0 Å². The van der Waals surface area contributed by atoms with Gasteiger partial charge in [-0.2, -0.15) is 0 Å². The van der Waals surface area contributed by atoms with Gasteiger partial charge in [0, 0.05) is 24.3 Å². The highest BCUT2D eigenvalue weighted by Gasteiger charge is 2.30. The van der Waals surface area contributed by atoms with E-state index in [1.807, 2.05) is 0 Å². The minimum Gasteiger partial charge on any atom is -0.392 e. The van der Waals surface area contributed by atoms with Gasteiger partial charge in [-0.1, -0.05) is 0 Å². The third-order valence-corrected chi connectivity index (χ3v) is 3.63. The van der Waals surface area contributed by atoms with Crippen molar-refractivity contribution in [3.05, 3.63) is 22.8 Å². The molecule has 0 aliphatic carbocycles. The van der Waals surface area contributed by atoms with Crippen LogP contribution in [0.3, 0.4) is 0 Å². The number of nitrogens with one attached hydrogen (secondary N) is 2. The number of hydrogen-bond donors (Lipinski definition) is 3. The number of likely N-dealkylation sites (N-methyl/N-ethyl adjacent to an activating group) is 1. The molecule has 1 aliphatic heterocycles. The van der Waals surface area contributed by atoms with Gasteiger partial charge in [0.2, 0.25) is 11.8 Å². The Bertz CT molecular complexity index is 523. The molecule has 1 aliphatic rings. The van der Waals surface area contributed by atoms with E-state index in [0.29, 0.717) is 18.8 Å². The van der Waals surface area contributed by atoms with Crippen LogP contribution in [0.1, 0.15) is 6.42 Å². The van der Waals surface area contributed by atoms with E-state index in [-0.39, 0.29) is 18.4 Å². The van der Waals surface area contributed by atoms with E-state index >= 15 is 0 Å². The number of halogens is 1. The Balaban J connectivity index is 1.84. The molecule has 2 rings (SSSR count). The average molecular weight is 357 g/mol. The number of nitrogens with zero attached hydrogens (tertiary/aromatic N) is 2. The Morgan fingerprint density at radius 2 is 2.33 bits per heavy atom. The first kappa shape index (κ1) is 15.9. The fraction of sp³-hybridized carbons (Fsp3) is 0.462. The van der Waals surface area contributed by atoms with Crippen molar-refractivity contribution < 1.29 is 14.7 Å². The van der Waals surface area contributed by atoms with E-state index in [2.05, 4.69) is 31.5 Å². The monoisotopic (exact) mass is 356 g/mol. The molecule has 2 atom stereocenters. The molecule has 0 aromatic carbocycles. The topological polar surface area (TPSA) is 94.6 Å². The van der Waals surface area contributed by atoms with Crippen LogP contribution in [-0.4, -0.2) is 59.1 Å². The summed E-state index contributed by atoms with van der Waals surface area (Å²) in [6, 6.07) is 3.00. The summed E-state index contributed by atoms with van der Waals surface area (Å²) < 4.78 is 0.818. The Labute approximate surface area is 130 Å². The lowest BCUT2D eigenvalue weighted by molar-refractivity contribution is -0.135. The van der Waals surface area contributed by atoms with E-state index in [1.54, 1.807) is 25.4 Å². The molecule has 1 aromatic rings. The predicted octanol–water partition coefficient (Wildman–Crippen LogP) is -0.0362. The van der Waals surface area contributed by atoms with Crippen LogP contribution < -0.4 is 10.6 Å². The van der Waals surface area contributed by atoms with Crippen LogP contribution in [0.2, 0.25) is 0 Å². The molecule has 7 nitrogen and oxygen atoms in total. The van der Waals surface area contributed by atoms with Gasteiger partial charge in [0.15, 0.2) is 0 Å². The fourth-order valence-corrected chi connectivity index (χ4v) is 2.33. The van der Waals surface area contributed by atoms with Gasteiger partial charge >= 0.3 is 0 Å². The zero-order chi connectivity index (χ0) is 15.4. The number of anilines is 1. The highest BCUT2D eigenvalue weighted by atomic mass is 79.9. The molecule has 2 heterocycles. The van der Waals surface area contributed by atoms with Gasteiger partial charge in [-0.05, 0) is 34.5 Å². The van der Waals surface area contributed by atoms with Gasteiger partial charge in [-0.15, -0.1) is 0 Å². The number of hydrogen-bond acceptors (Lipinski definition) is 5. The molecular formula is C13H17BrN4O3. The van der Waals surface area contributed by atoms with Crippen LogP contribution in [0.4, 0.5) is 5.82 Å². The zero-order valence-corrected chi connectivity index (χ0v) is 13.1. The maximum absolute atomic E-state index is 12.1. The second kappa shape index (κ2) is 6.97.